The van der Waals surface area contributed by atoms with E-state index in [0.29, 0.717) is 0 Å². The highest BCUT2D eigenvalue weighted by molar-refractivity contribution is 5.80. The number of carbonyl (C=O) groups excluding carboxylic acids is 1. The highest BCUT2D eigenvalue weighted by Gasteiger charge is 2.32. The third-order valence-electron chi connectivity index (χ3n) is 3.02. The van der Waals surface area contributed by atoms with Crippen molar-refractivity contribution in [2.24, 2.45) is 0 Å². The van der Waals surface area contributed by atoms with Crippen LogP contribution in [0.1, 0.15) is 39.0 Å². The Kier molecular flexibility index (Phi) is 4.74. The van der Waals surface area contributed by atoms with Gasteiger partial charge in [0.25, 0.3) is 0 Å². The molecule has 0 saturated heterocycles. The van der Waals surface area contributed by atoms with E-state index in [2.05, 4.69) is 5.32 Å². The summed E-state index contributed by atoms with van der Waals surface area (Å²) in [7, 11) is 0. The molecular formula is C11H19NO5. The minimum absolute atomic E-state index is 0.513. The van der Waals surface area contributed by atoms with Crippen molar-refractivity contribution in [3.63, 3.8) is 0 Å². The van der Waals surface area contributed by atoms with Gasteiger partial charge >= 0.3 is 12.1 Å². The zero-order chi connectivity index (χ0) is 12.9. The van der Waals surface area contributed by atoms with Crippen LogP contribution in [0.2, 0.25) is 0 Å². The Morgan fingerprint density at radius 3 is 2.41 bits per heavy atom. The maximum atomic E-state index is 11.5. The summed E-state index contributed by atoms with van der Waals surface area (Å²) in [4.78, 5) is 22.1. The number of ether oxygens (including phenoxy) is 1. The molecule has 0 radical (unpaired) electrons. The van der Waals surface area contributed by atoms with E-state index in [1.807, 2.05) is 6.92 Å². The lowest BCUT2D eigenvalue weighted by Crippen LogP contribution is -2.47. The van der Waals surface area contributed by atoms with Gasteiger partial charge in [-0.05, 0) is 32.6 Å². The lowest BCUT2D eigenvalue weighted by Gasteiger charge is -2.33. The predicted molar refractivity (Wildman–Crippen MR) is 59.6 cm³/mol. The topological polar surface area (TPSA) is 95.9 Å². The Bertz CT molecular complexity index is 286. The number of aliphatic carboxylic acids is 1. The standard InChI is InChI=1S/C11H19NO5/c1-11(5-3-2-4-6-11)17-10(16)12-8(7-13)9(14)15/h8,13H,2-7H2,1H3,(H,12,16)(H,14,15)/t8-/m0/s1. The molecule has 6 nitrogen and oxygen atoms in total. The maximum absolute atomic E-state index is 11.5. The van der Waals surface area contributed by atoms with E-state index in [9.17, 15) is 9.59 Å². The van der Waals surface area contributed by atoms with E-state index in [4.69, 9.17) is 14.9 Å². The molecule has 0 heterocycles. The molecule has 98 valence electrons. The molecule has 0 unspecified atom stereocenters. The Hall–Kier alpha value is -1.30. The van der Waals surface area contributed by atoms with Crippen molar-refractivity contribution in [2.75, 3.05) is 6.61 Å². The van der Waals surface area contributed by atoms with Gasteiger partial charge in [0.2, 0.25) is 0 Å². The van der Waals surface area contributed by atoms with Crippen LogP contribution >= 0.6 is 0 Å². The van der Waals surface area contributed by atoms with Crippen molar-refractivity contribution in [1.82, 2.24) is 5.32 Å². The number of aliphatic hydroxyl groups is 1. The predicted octanol–water partition coefficient (Wildman–Crippen LogP) is 0.881. The molecule has 1 rings (SSSR count). The average molecular weight is 245 g/mol. The van der Waals surface area contributed by atoms with E-state index in [1.165, 1.54) is 0 Å². The average Bonchev–Trinajstić information content (AvgIpc) is 2.25. The van der Waals surface area contributed by atoms with Gasteiger partial charge in [-0.3, -0.25) is 0 Å². The molecule has 1 aliphatic carbocycles. The highest BCUT2D eigenvalue weighted by Crippen LogP contribution is 2.30. The Morgan fingerprint density at radius 1 is 1.35 bits per heavy atom. The van der Waals surface area contributed by atoms with Crippen molar-refractivity contribution in [3.05, 3.63) is 0 Å². The number of amides is 1. The summed E-state index contributed by atoms with van der Waals surface area (Å²) in [6, 6.07) is -1.31. The molecule has 1 saturated carbocycles. The van der Waals surface area contributed by atoms with Crippen molar-refractivity contribution >= 4 is 12.1 Å². The molecule has 0 aromatic heterocycles. The van der Waals surface area contributed by atoms with E-state index in [-0.39, 0.29) is 0 Å². The highest BCUT2D eigenvalue weighted by atomic mass is 16.6. The molecular weight excluding hydrogens is 226 g/mol. The number of carboxylic acid groups (broad SMARTS) is 1. The van der Waals surface area contributed by atoms with Gasteiger partial charge in [0.05, 0.1) is 6.61 Å². The first-order valence-corrected chi connectivity index (χ1v) is 5.80. The number of nitrogens with one attached hydrogen (secondary N) is 1. The number of carbonyl (C=O) groups is 2. The zero-order valence-electron chi connectivity index (χ0n) is 9.94. The van der Waals surface area contributed by atoms with Crippen LogP contribution in [-0.4, -0.2) is 40.5 Å². The first kappa shape index (κ1) is 13.8. The summed E-state index contributed by atoms with van der Waals surface area (Å²) in [6.07, 6.45) is 3.94. The fraction of sp³-hybridized carbons (Fsp3) is 0.818. The normalized spacial score (nSPS) is 20.4. The van der Waals surface area contributed by atoms with Gasteiger partial charge in [-0.25, -0.2) is 9.59 Å². The molecule has 0 aromatic rings. The first-order valence-electron chi connectivity index (χ1n) is 5.80. The van der Waals surface area contributed by atoms with E-state index >= 15 is 0 Å². The summed E-state index contributed by atoms with van der Waals surface area (Å²) in [5.74, 6) is -1.28. The number of aliphatic hydroxyl groups excluding tert-OH is 1. The largest absolute Gasteiger partial charge is 0.480 e. The van der Waals surface area contributed by atoms with E-state index in [0.717, 1.165) is 32.1 Å². The van der Waals surface area contributed by atoms with Crippen LogP contribution in [0.3, 0.4) is 0 Å². The van der Waals surface area contributed by atoms with E-state index in [1.54, 1.807) is 0 Å². The number of rotatable bonds is 4. The fourth-order valence-corrected chi connectivity index (χ4v) is 1.98. The summed E-state index contributed by atoms with van der Waals surface area (Å²) >= 11 is 0. The van der Waals surface area contributed by atoms with Gasteiger partial charge in [0, 0.05) is 0 Å². The van der Waals surface area contributed by atoms with Gasteiger partial charge < -0.3 is 20.3 Å². The molecule has 0 aliphatic heterocycles. The second kappa shape index (κ2) is 5.86. The van der Waals surface area contributed by atoms with Gasteiger partial charge in [0.15, 0.2) is 6.04 Å². The van der Waals surface area contributed by atoms with Crippen molar-refractivity contribution in [2.45, 2.75) is 50.7 Å². The Morgan fingerprint density at radius 2 is 1.94 bits per heavy atom. The van der Waals surface area contributed by atoms with Crippen LogP contribution in [-0.2, 0) is 9.53 Å². The number of hydrogen-bond acceptors (Lipinski definition) is 4. The van der Waals surface area contributed by atoms with Crippen LogP contribution in [0.25, 0.3) is 0 Å². The minimum atomic E-state index is -1.31. The van der Waals surface area contributed by atoms with Crippen molar-refractivity contribution < 1.29 is 24.5 Å². The van der Waals surface area contributed by atoms with E-state index < -0.39 is 30.3 Å². The molecule has 0 aromatic carbocycles. The third-order valence-corrected chi connectivity index (χ3v) is 3.02. The van der Waals surface area contributed by atoms with Crippen LogP contribution in [0.4, 0.5) is 4.79 Å². The second-order valence-corrected chi connectivity index (χ2v) is 4.62. The molecule has 1 atom stereocenters. The second-order valence-electron chi connectivity index (χ2n) is 4.62. The molecule has 6 heteroatoms. The van der Waals surface area contributed by atoms with Crippen LogP contribution in [0.15, 0.2) is 0 Å². The van der Waals surface area contributed by atoms with Gasteiger partial charge in [-0.2, -0.15) is 0 Å². The smallest absolute Gasteiger partial charge is 0.408 e. The Labute approximate surface area is 100.0 Å². The molecule has 17 heavy (non-hydrogen) atoms. The lowest BCUT2D eigenvalue weighted by molar-refractivity contribution is -0.140. The minimum Gasteiger partial charge on any atom is -0.480 e. The first-order chi connectivity index (χ1) is 7.97. The lowest BCUT2D eigenvalue weighted by atomic mass is 9.86. The van der Waals surface area contributed by atoms with Gasteiger partial charge in [0.1, 0.15) is 5.60 Å². The summed E-state index contributed by atoms with van der Waals surface area (Å²) in [5, 5.41) is 19.6. The third kappa shape index (κ3) is 4.22. The number of alkyl carbamates (subject to hydrolysis) is 1. The maximum Gasteiger partial charge on any atom is 0.408 e. The molecule has 0 bridgehead atoms. The van der Waals surface area contributed by atoms with Crippen molar-refractivity contribution in [3.8, 4) is 0 Å². The molecule has 1 aliphatic rings. The zero-order valence-corrected chi connectivity index (χ0v) is 9.94. The molecule has 1 fully saturated rings. The quantitative estimate of drug-likeness (QED) is 0.683. The van der Waals surface area contributed by atoms with Gasteiger partial charge in [-0.15, -0.1) is 0 Å². The monoisotopic (exact) mass is 245 g/mol. The van der Waals surface area contributed by atoms with Gasteiger partial charge in [-0.1, -0.05) is 6.42 Å². The number of carboxylic acids is 1. The molecule has 1 amide bonds. The van der Waals surface area contributed by atoms with Crippen LogP contribution < -0.4 is 5.32 Å². The van der Waals surface area contributed by atoms with Crippen LogP contribution in [0, 0.1) is 0 Å². The van der Waals surface area contributed by atoms with Crippen molar-refractivity contribution in [1.29, 1.82) is 0 Å². The summed E-state index contributed by atoms with van der Waals surface area (Å²) < 4.78 is 5.24. The summed E-state index contributed by atoms with van der Waals surface area (Å²) in [5.41, 5.74) is -0.513. The molecule has 3 N–H and O–H groups in total. The number of hydrogen-bond donors (Lipinski definition) is 3. The molecule has 0 spiro atoms. The SMILES string of the molecule is CC1(OC(=O)N[C@@H](CO)C(=O)O)CCCCC1. The summed E-state index contributed by atoms with van der Waals surface area (Å²) in [6.45, 7) is 1.20. The fourth-order valence-electron chi connectivity index (χ4n) is 1.98. The van der Waals surface area contributed by atoms with Crippen LogP contribution in [0.5, 0.6) is 0 Å². The Balaban J connectivity index is 2.45.